The highest BCUT2D eigenvalue weighted by atomic mass is 16.5. The molecular formula is C15H22N2O2. The molecule has 1 heterocycles. The number of para-hydroxylation sites is 1. The van der Waals surface area contributed by atoms with E-state index in [1.807, 2.05) is 39.1 Å². The summed E-state index contributed by atoms with van der Waals surface area (Å²) in [7, 11) is 1.86. The highest BCUT2D eigenvalue weighted by Crippen LogP contribution is 2.22. The van der Waals surface area contributed by atoms with E-state index in [-0.39, 0.29) is 12.5 Å². The lowest BCUT2D eigenvalue weighted by Crippen LogP contribution is -2.41. The van der Waals surface area contributed by atoms with Gasteiger partial charge in [-0.15, -0.1) is 0 Å². The molecule has 1 atom stereocenters. The van der Waals surface area contributed by atoms with Crippen LogP contribution >= 0.6 is 0 Å². The quantitative estimate of drug-likeness (QED) is 0.894. The molecule has 0 radical (unpaired) electrons. The minimum absolute atomic E-state index is 0.0383. The van der Waals surface area contributed by atoms with Crippen LogP contribution in [0.15, 0.2) is 18.2 Å². The molecule has 0 bridgehead atoms. The van der Waals surface area contributed by atoms with Crippen LogP contribution in [0.2, 0.25) is 0 Å². The molecule has 1 aliphatic rings. The fourth-order valence-electron chi connectivity index (χ4n) is 2.44. The number of carbonyl (C=O) groups excluding carboxylic acids is 1. The second-order valence-corrected chi connectivity index (χ2v) is 5.16. The van der Waals surface area contributed by atoms with Crippen LogP contribution in [0.1, 0.15) is 17.5 Å². The Hall–Kier alpha value is -1.55. The first-order valence-corrected chi connectivity index (χ1v) is 6.75. The maximum atomic E-state index is 12.1. The predicted molar refractivity (Wildman–Crippen MR) is 75.5 cm³/mol. The number of carbonyl (C=O) groups is 1. The lowest BCUT2D eigenvalue weighted by atomic mass is 10.1. The van der Waals surface area contributed by atoms with E-state index >= 15 is 0 Å². The number of rotatable bonds is 4. The van der Waals surface area contributed by atoms with Gasteiger partial charge in [0.2, 0.25) is 0 Å². The van der Waals surface area contributed by atoms with Gasteiger partial charge in [0.05, 0.1) is 0 Å². The summed E-state index contributed by atoms with van der Waals surface area (Å²) in [4.78, 5) is 13.9. The monoisotopic (exact) mass is 262 g/mol. The average Bonchev–Trinajstić information content (AvgIpc) is 2.90. The fraction of sp³-hybridized carbons (Fsp3) is 0.533. The molecule has 2 rings (SSSR count). The first-order chi connectivity index (χ1) is 9.09. The van der Waals surface area contributed by atoms with Gasteiger partial charge in [-0.2, -0.15) is 0 Å². The Labute approximate surface area is 114 Å². The number of amides is 1. The second-order valence-electron chi connectivity index (χ2n) is 5.16. The van der Waals surface area contributed by atoms with E-state index in [0.717, 1.165) is 36.4 Å². The normalized spacial score (nSPS) is 18.4. The van der Waals surface area contributed by atoms with Crippen LogP contribution in [0, 0.1) is 13.8 Å². The van der Waals surface area contributed by atoms with Gasteiger partial charge in [-0.1, -0.05) is 18.2 Å². The molecule has 1 aromatic carbocycles. The molecule has 1 aromatic rings. The maximum Gasteiger partial charge on any atom is 0.260 e. The molecule has 1 fully saturated rings. The number of hydrogen-bond acceptors (Lipinski definition) is 3. The van der Waals surface area contributed by atoms with Crippen molar-refractivity contribution in [3.05, 3.63) is 29.3 Å². The molecule has 0 aliphatic carbocycles. The van der Waals surface area contributed by atoms with E-state index in [1.54, 1.807) is 4.90 Å². The Morgan fingerprint density at radius 1 is 1.42 bits per heavy atom. The van der Waals surface area contributed by atoms with Crippen molar-refractivity contribution in [3.8, 4) is 5.75 Å². The number of likely N-dealkylation sites (N-methyl/N-ethyl adjacent to an activating group) is 1. The third kappa shape index (κ3) is 3.26. The highest BCUT2D eigenvalue weighted by Gasteiger charge is 2.23. The molecule has 1 amide bonds. The van der Waals surface area contributed by atoms with Crippen LogP contribution in [0.25, 0.3) is 0 Å². The van der Waals surface area contributed by atoms with Crippen LogP contribution in [-0.2, 0) is 4.79 Å². The molecule has 0 aromatic heterocycles. The number of ether oxygens (including phenoxy) is 1. The van der Waals surface area contributed by atoms with Gasteiger partial charge in [0.25, 0.3) is 5.91 Å². The first kappa shape index (κ1) is 13.9. The Morgan fingerprint density at radius 3 is 2.68 bits per heavy atom. The molecule has 0 saturated carbocycles. The van der Waals surface area contributed by atoms with Crippen LogP contribution in [0.5, 0.6) is 5.75 Å². The number of hydrogen-bond donors (Lipinski definition) is 1. The molecule has 4 heteroatoms. The summed E-state index contributed by atoms with van der Waals surface area (Å²) in [6.45, 7) is 5.97. The van der Waals surface area contributed by atoms with Gasteiger partial charge in [-0.25, -0.2) is 0 Å². The smallest absolute Gasteiger partial charge is 0.260 e. The molecular weight excluding hydrogens is 240 g/mol. The van der Waals surface area contributed by atoms with E-state index in [9.17, 15) is 4.79 Å². The molecule has 19 heavy (non-hydrogen) atoms. The Balaban J connectivity index is 1.92. The van der Waals surface area contributed by atoms with Crippen molar-refractivity contribution < 1.29 is 9.53 Å². The Bertz CT molecular complexity index is 433. The maximum absolute atomic E-state index is 12.1. The molecule has 4 nitrogen and oxygen atoms in total. The second kappa shape index (κ2) is 6.06. The van der Waals surface area contributed by atoms with E-state index < -0.39 is 0 Å². The summed E-state index contributed by atoms with van der Waals surface area (Å²) in [5, 5.41) is 3.27. The molecule has 1 N–H and O–H groups in total. The van der Waals surface area contributed by atoms with Crippen LogP contribution in [-0.4, -0.2) is 43.6 Å². The van der Waals surface area contributed by atoms with E-state index in [2.05, 4.69) is 5.32 Å². The van der Waals surface area contributed by atoms with E-state index in [1.165, 1.54) is 0 Å². The zero-order chi connectivity index (χ0) is 13.8. The van der Waals surface area contributed by atoms with Crippen molar-refractivity contribution in [2.75, 3.05) is 26.7 Å². The van der Waals surface area contributed by atoms with Crippen LogP contribution in [0.4, 0.5) is 0 Å². The van der Waals surface area contributed by atoms with Crippen molar-refractivity contribution in [3.63, 3.8) is 0 Å². The zero-order valence-electron chi connectivity index (χ0n) is 11.9. The molecule has 1 unspecified atom stereocenters. The van der Waals surface area contributed by atoms with Gasteiger partial charge in [0.15, 0.2) is 6.61 Å². The van der Waals surface area contributed by atoms with Crippen molar-refractivity contribution in [1.82, 2.24) is 10.2 Å². The lowest BCUT2D eigenvalue weighted by Gasteiger charge is -2.24. The molecule has 104 valence electrons. The Kier molecular flexibility index (Phi) is 4.43. The minimum atomic E-state index is 0.0383. The molecule has 1 saturated heterocycles. The summed E-state index contributed by atoms with van der Waals surface area (Å²) in [5.74, 6) is 0.866. The molecule has 0 spiro atoms. The van der Waals surface area contributed by atoms with Gasteiger partial charge in [-0.05, 0) is 37.9 Å². The average molecular weight is 262 g/mol. The zero-order valence-corrected chi connectivity index (χ0v) is 11.9. The minimum Gasteiger partial charge on any atom is -0.483 e. The summed E-state index contributed by atoms with van der Waals surface area (Å²) < 4.78 is 5.70. The van der Waals surface area contributed by atoms with Crippen molar-refractivity contribution in [2.45, 2.75) is 26.3 Å². The van der Waals surface area contributed by atoms with Crippen LogP contribution < -0.4 is 10.1 Å². The summed E-state index contributed by atoms with van der Waals surface area (Å²) in [5.41, 5.74) is 2.14. The summed E-state index contributed by atoms with van der Waals surface area (Å²) in [6.07, 6.45) is 1.02. The van der Waals surface area contributed by atoms with E-state index in [0.29, 0.717) is 6.04 Å². The SMILES string of the molecule is Cc1cccc(C)c1OCC(=O)N(C)C1CCNC1. The fourth-order valence-corrected chi connectivity index (χ4v) is 2.44. The third-order valence-electron chi connectivity index (χ3n) is 3.72. The topological polar surface area (TPSA) is 41.6 Å². The third-order valence-corrected chi connectivity index (χ3v) is 3.72. The standard InChI is InChI=1S/C15H22N2O2/c1-11-5-4-6-12(2)15(11)19-10-14(18)17(3)13-7-8-16-9-13/h4-6,13,16H,7-10H2,1-3H3. The van der Waals surface area contributed by atoms with Gasteiger partial charge in [0, 0.05) is 19.6 Å². The summed E-state index contributed by atoms with van der Waals surface area (Å²) >= 11 is 0. The van der Waals surface area contributed by atoms with Gasteiger partial charge in [0.1, 0.15) is 5.75 Å². The van der Waals surface area contributed by atoms with Crippen molar-refractivity contribution >= 4 is 5.91 Å². The number of nitrogens with zero attached hydrogens (tertiary/aromatic N) is 1. The predicted octanol–water partition coefficient (Wildman–Crippen LogP) is 1.50. The summed E-state index contributed by atoms with van der Waals surface area (Å²) in [6, 6.07) is 6.29. The van der Waals surface area contributed by atoms with Crippen molar-refractivity contribution in [1.29, 1.82) is 0 Å². The largest absolute Gasteiger partial charge is 0.483 e. The Morgan fingerprint density at radius 2 is 2.11 bits per heavy atom. The first-order valence-electron chi connectivity index (χ1n) is 6.75. The van der Waals surface area contributed by atoms with Crippen LogP contribution in [0.3, 0.4) is 0 Å². The van der Waals surface area contributed by atoms with Gasteiger partial charge < -0.3 is 15.0 Å². The number of nitrogens with one attached hydrogen (secondary N) is 1. The van der Waals surface area contributed by atoms with Gasteiger partial charge in [-0.3, -0.25) is 4.79 Å². The van der Waals surface area contributed by atoms with Gasteiger partial charge >= 0.3 is 0 Å². The molecule has 1 aliphatic heterocycles. The lowest BCUT2D eigenvalue weighted by molar-refractivity contribution is -0.133. The number of benzene rings is 1. The number of aryl methyl sites for hydroxylation is 2. The van der Waals surface area contributed by atoms with Crippen molar-refractivity contribution in [2.24, 2.45) is 0 Å². The van der Waals surface area contributed by atoms with E-state index in [4.69, 9.17) is 4.74 Å². The highest BCUT2D eigenvalue weighted by molar-refractivity contribution is 5.78.